The Balaban J connectivity index is 1.73. The number of aliphatic hydroxyl groups is 1. The molecule has 4 rings (SSSR count). The van der Waals surface area contributed by atoms with Gasteiger partial charge >= 0.3 is 6.18 Å². The van der Waals surface area contributed by atoms with Crippen molar-refractivity contribution in [3.63, 3.8) is 0 Å². The van der Waals surface area contributed by atoms with Crippen molar-refractivity contribution in [2.45, 2.75) is 38.1 Å². The molecule has 3 aromatic rings. The van der Waals surface area contributed by atoms with Crippen LogP contribution in [0.2, 0.25) is 0 Å². The van der Waals surface area contributed by atoms with Gasteiger partial charge in [0.25, 0.3) is 5.91 Å². The van der Waals surface area contributed by atoms with Gasteiger partial charge in [0.1, 0.15) is 5.69 Å². The van der Waals surface area contributed by atoms with E-state index in [-0.39, 0.29) is 17.5 Å². The Bertz CT molecular complexity index is 1090. The minimum Gasteiger partial charge on any atom is -0.391 e. The number of fused-ring (bicyclic) bond motifs is 1. The van der Waals surface area contributed by atoms with Crippen molar-refractivity contribution >= 4 is 17.1 Å². The van der Waals surface area contributed by atoms with Gasteiger partial charge in [-0.3, -0.25) is 9.78 Å². The topological polar surface area (TPSA) is 106 Å². The second-order valence-electron chi connectivity index (χ2n) is 7.55. The first-order valence-corrected chi connectivity index (χ1v) is 9.44. The first kappa shape index (κ1) is 20.1. The second-order valence-corrected chi connectivity index (χ2v) is 7.55. The van der Waals surface area contributed by atoms with Crippen LogP contribution in [0.15, 0.2) is 36.8 Å². The molecule has 3 heterocycles. The van der Waals surface area contributed by atoms with Gasteiger partial charge in [-0.1, -0.05) is 6.07 Å². The maximum absolute atomic E-state index is 12.8. The Hall–Kier alpha value is -3.14. The van der Waals surface area contributed by atoms with Gasteiger partial charge in [0.15, 0.2) is 0 Å². The minimum atomic E-state index is -4.52. The predicted molar refractivity (Wildman–Crippen MR) is 104 cm³/mol. The normalized spacial score (nSPS) is 16.4. The summed E-state index contributed by atoms with van der Waals surface area (Å²) in [6, 6.07) is 3.58. The fourth-order valence-corrected chi connectivity index (χ4v) is 3.44. The zero-order valence-corrected chi connectivity index (χ0v) is 16.0. The molecule has 1 saturated carbocycles. The third-order valence-corrected chi connectivity index (χ3v) is 5.28. The van der Waals surface area contributed by atoms with Crippen LogP contribution in [0.5, 0.6) is 0 Å². The lowest BCUT2D eigenvalue weighted by atomic mass is 10.1. The zero-order chi connectivity index (χ0) is 21.6. The van der Waals surface area contributed by atoms with Crippen LogP contribution < -0.4 is 11.1 Å². The maximum atomic E-state index is 12.8. The number of hydrogen-bond acceptors (Lipinski definition) is 5. The quantitative estimate of drug-likeness (QED) is 0.570. The Kier molecular flexibility index (Phi) is 4.89. The Morgan fingerprint density at radius 2 is 2.03 bits per heavy atom. The summed E-state index contributed by atoms with van der Waals surface area (Å²) in [6.45, 7) is 1.81. The van der Waals surface area contributed by atoms with Crippen molar-refractivity contribution in [1.29, 1.82) is 0 Å². The molecule has 30 heavy (non-hydrogen) atoms. The molecule has 1 amide bonds. The van der Waals surface area contributed by atoms with Gasteiger partial charge in [0.2, 0.25) is 0 Å². The van der Waals surface area contributed by atoms with Crippen LogP contribution in [0.1, 0.15) is 35.8 Å². The number of nitrogens with two attached hydrogens (primary N) is 1. The molecule has 10 heteroatoms. The molecule has 0 radical (unpaired) electrons. The van der Waals surface area contributed by atoms with Crippen molar-refractivity contribution in [2.75, 3.05) is 5.32 Å². The van der Waals surface area contributed by atoms with E-state index >= 15 is 0 Å². The summed E-state index contributed by atoms with van der Waals surface area (Å²) in [4.78, 5) is 15.4. The number of halogens is 3. The molecule has 2 unspecified atom stereocenters. The van der Waals surface area contributed by atoms with Gasteiger partial charge in [-0.15, -0.1) is 0 Å². The highest BCUT2D eigenvalue weighted by atomic mass is 19.4. The summed E-state index contributed by atoms with van der Waals surface area (Å²) in [5, 5.41) is 17.7. The van der Waals surface area contributed by atoms with Crippen molar-refractivity contribution < 1.29 is 23.1 Å². The number of carbonyl (C=O) groups excluding carboxylic acids is 1. The Morgan fingerprint density at radius 3 is 2.60 bits per heavy atom. The molecule has 1 aliphatic carbocycles. The highest BCUT2D eigenvalue weighted by Gasteiger charge is 2.34. The van der Waals surface area contributed by atoms with Gasteiger partial charge in [0, 0.05) is 29.6 Å². The average Bonchev–Trinajstić information content (AvgIpc) is 3.45. The van der Waals surface area contributed by atoms with Crippen LogP contribution in [0.4, 0.5) is 18.9 Å². The van der Waals surface area contributed by atoms with E-state index in [1.807, 2.05) is 6.92 Å². The highest BCUT2D eigenvalue weighted by molar-refractivity contribution is 6.02. The fraction of sp³-hybridized carbons (Fsp3) is 0.350. The number of aliphatic hydroxyl groups excluding tert-OH is 1. The Labute approximate surface area is 169 Å². The molecule has 1 fully saturated rings. The van der Waals surface area contributed by atoms with Gasteiger partial charge in [0.05, 0.1) is 29.1 Å². The van der Waals surface area contributed by atoms with E-state index in [4.69, 9.17) is 5.73 Å². The van der Waals surface area contributed by atoms with Crippen molar-refractivity contribution in [2.24, 2.45) is 11.7 Å². The number of primary amides is 1. The molecule has 0 aliphatic heterocycles. The third-order valence-electron chi connectivity index (χ3n) is 5.28. The molecule has 158 valence electrons. The van der Waals surface area contributed by atoms with Crippen LogP contribution >= 0.6 is 0 Å². The number of nitrogens with one attached hydrogen (secondary N) is 1. The van der Waals surface area contributed by atoms with Gasteiger partial charge in [-0.05, 0) is 37.8 Å². The molecule has 0 bridgehead atoms. The molecule has 3 aromatic heterocycles. The van der Waals surface area contributed by atoms with Gasteiger partial charge in [-0.2, -0.15) is 18.3 Å². The third kappa shape index (κ3) is 3.82. The van der Waals surface area contributed by atoms with Crippen LogP contribution in [0.25, 0.3) is 16.6 Å². The lowest BCUT2D eigenvalue weighted by Gasteiger charge is -2.22. The molecule has 4 N–H and O–H groups in total. The van der Waals surface area contributed by atoms with E-state index in [1.165, 1.54) is 16.8 Å². The minimum absolute atomic E-state index is 0.160. The van der Waals surface area contributed by atoms with E-state index in [1.54, 1.807) is 12.3 Å². The largest absolute Gasteiger partial charge is 0.433 e. The van der Waals surface area contributed by atoms with E-state index in [0.717, 1.165) is 25.1 Å². The van der Waals surface area contributed by atoms with Crippen LogP contribution in [0.3, 0.4) is 0 Å². The molecule has 0 aromatic carbocycles. The lowest BCUT2D eigenvalue weighted by molar-refractivity contribution is -0.141. The number of nitrogens with zero attached hydrogens (tertiary/aromatic N) is 3. The van der Waals surface area contributed by atoms with Gasteiger partial charge < -0.3 is 16.2 Å². The van der Waals surface area contributed by atoms with Crippen LogP contribution in [0, 0.1) is 5.92 Å². The molecule has 2 atom stereocenters. The summed E-state index contributed by atoms with van der Waals surface area (Å²) >= 11 is 0. The van der Waals surface area contributed by atoms with E-state index in [0.29, 0.717) is 22.3 Å². The smallest absolute Gasteiger partial charge is 0.391 e. The van der Waals surface area contributed by atoms with E-state index in [2.05, 4.69) is 15.4 Å². The Morgan fingerprint density at radius 1 is 1.30 bits per heavy atom. The zero-order valence-electron chi connectivity index (χ0n) is 16.0. The number of carbonyl (C=O) groups is 1. The number of amides is 1. The monoisotopic (exact) mass is 419 g/mol. The number of aromatic nitrogens is 3. The van der Waals surface area contributed by atoms with Gasteiger partial charge in [-0.25, -0.2) is 4.52 Å². The second kappa shape index (κ2) is 7.28. The van der Waals surface area contributed by atoms with Crippen LogP contribution in [-0.2, 0) is 6.18 Å². The number of rotatable bonds is 6. The molecule has 7 nitrogen and oxygen atoms in total. The molecular weight excluding hydrogens is 399 g/mol. The summed E-state index contributed by atoms with van der Waals surface area (Å²) in [5.74, 6) is -0.456. The predicted octanol–water partition coefficient (Wildman–Crippen LogP) is 3.09. The first-order valence-electron chi connectivity index (χ1n) is 9.44. The SMILES string of the molecule is CC(Nc1c(C(N)=O)cnn2cc(-c3ccc(C(F)(F)F)nc3)cc12)C(O)C1CC1. The van der Waals surface area contributed by atoms with E-state index < -0.39 is 23.9 Å². The number of pyridine rings is 1. The summed E-state index contributed by atoms with van der Waals surface area (Å²) < 4.78 is 39.8. The fourth-order valence-electron chi connectivity index (χ4n) is 3.44. The number of alkyl halides is 3. The summed E-state index contributed by atoms with van der Waals surface area (Å²) in [6.07, 6.45) is 0.902. The molecular formula is C20H20F3N5O2. The summed E-state index contributed by atoms with van der Waals surface area (Å²) in [5.41, 5.74) is 6.64. The first-order chi connectivity index (χ1) is 14.1. The number of hydrogen-bond donors (Lipinski definition) is 3. The number of anilines is 1. The maximum Gasteiger partial charge on any atom is 0.433 e. The lowest BCUT2D eigenvalue weighted by Crippen LogP contribution is -2.33. The highest BCUT2D eigenvalue weighted by Crippen LogP contribution is 2.36. The van der Waals surface area contributed by atoms with Crippen LogP contribution in [-0.4, -0.2) is 37.8 Å². The molecule has 1 aliphatic rings. The molecule has 0 spiro atoms. The van der Waals surface area contributed by atoms with E-state index in [9.17, 15) is 23.1 Å². The standard InChI is InChI=1S/C20H20F3N5O2/c1-10(18(29)11-2-3-11)27-17-14(19(24)30)8-26-28-9-13(6-15(17)28)12-4-5-16(25-7-12)20(21,22)23/h4-11,18,27,29H,2-3H2,1H3,(H2,24,30). The molecule has 0 saturated heterocycles. The van der Waals surface area contributed by atoms with Crippen molar-refractivity contribution in [3.8, 4) is 11.1 Å². The summed E-state index contributed by atoms with van der Waals surface area (Å²) in [7, 11) is 0. The average molecular weight is 419 g/mol. The van der Waals surface area contributed by atoms with Crippen molar-refractivity contribution in [1.82, 2.24) is 14.6 Å². The van der Waals surface area contributed by atoms with Crippen molar-refractivity contribution in [3.05, 3.63) is 48.0 Å².